The molecular formula is C16H33IN4O. The second-order valence-corrected chi connectivity index (χ2v) is 6.67. The second kappa shape index (κ2) is 10.6. The molecule has 1 aliphatic heterocycles. The van der Waals surface area contributed by atoms with Crippen molar-refractivity contribution in [1.29, 1.82) is 0 Å². The summed E-state index contributed by atoms with van der Waals surface area (Å²) in [6, 6.07) is 0. The Hall–Kier alpha value is -0.0800. The van der Waals surface area contributed by atoms with E-state index in [4.69, 9.17) is 4.74 Å². The first-order valence-electron chi connectivity index (χ1n) is 8.44. The Kier molecular flexibility index (Phi) is 9.66. The van der Waals surface area contributed by atoms with Gasteiger partial charge in [-0.15, -0.1) is 24.0 Å². The van der Waals surface area contributed by atoms with Crippen molar-refractivity contribution in [2.75, 3.05) is 59.5 Å². The molecule has 1 saturated heterocycles. The van der Waals surface area contributed by atoms with Crippen LogP contribution in [-0.2, 0) is 4.74 Å². The molecule has 1 aliphatic carbocycles. The third-order valence-electron chi connectivity index (χ3n) is 4.09. The quantitative estimate of drug-likeness (QED) is 0.293. The monoisotopic (exact) mass is 424 g/mol. The number of aliphatic imine (C=N–C) groups is 1. The molecule has 0 spiro atoms. The van der Waals surface area contributed by atoms with Gasteiger partial charge in [-0.25, -0.2) is 0 Å². The minimum atomic E-state index is 0. The fourth-order valence-electron chi connectivity index (χ4n) is 2.76. The minimum absolute atomic E-state index is 0. The van der Waals surface area contributed by atoms with E-state index >= 15 is 0 Å². The van der Waals surface area contributed by atoms with E-state index in [1.165, 1.54) is 19.4 Å². The lowest BCUT2D eigenvalue weighted by atomic mass is 10.2. The average Bonchev–Trinajstić information content (AvgIpc) is 3.27. The first-order valence-corrected chi connectivity index (χ1v) is 8.44. The Labute approximate surface area is 152 Å². The molecule has 0 bridgehead atoms. The molecule has 1 N–H and O–H groups in total. The largest absolute Gasteiger partial charge is 0.379 e. The minimum Gasteiger partial charge on any atom is -0.379 e. The molecule has 0 atom stereocenters. The van der Waals surface area contributed by atoms with Gasteiger partial charge in [0.15, 0.2) is 5.96 Å². The highest BCUT2D eigenvalue weighted by molar-refractivity contribution is 14.0. The number of guanidine groups is 1. The number of nitrogens with zero attached hydrogens (tertiary/aromatic N) is 3. The number of hydrogen-bond donors (Lipinski definition) is 1. The van der Waals surface area contributed by atoms with Gasteiger partial charge in [0.2, 0.25) is 0 Å². The summed E-state index contributed by atoms with van der Waals surface area (Å²) in [5.74, 6) is 2.62. The molecule has 1 saturated carbocycles. The van der Waals surface area contributed by atoms with E-state index in [-0.39, 0.29) is 24.0 Å². The van der Waals surface area contributed by atoms with Crippen molar-refractivity contribution >= 4 is 29.9 Å². The predicted molar refractivity (Wildman–Crippen MR) is 103 cm³/mol. The fraction of sp³-hybridized carbons (Fsp3) is 0.938. The van der Waals surface area contributed by atoms with Gasteiger partial charge < -0.3 is 15.0 Å². The summed E-state index contributed by atoms with van der Waals surface area (Å²) >= 11 is 0. The first-order chi connectivity index (χ1) is 10.2. The summed E-state index contributed by atoms with van der Waals surface area (Å²) in [5.41, 5.74) is 0. The number of nitrogens with one attached hydrogen (secondary N) is 1. The Morgan fingerprint density at radius 3 is 2.45 bits per heavy atom. The summed E-state index contributed by atoms with van der Waals surface area (Å²) < 4.78 is 5.66. The second-order valence-electron chi connectivity index (χ2n) is 6.67. The Bertz CT molecular complexity index is 326. The van der Waals surface area contributed by atoms with Crippen LogP contribution in [0.5, 0.6) is 0 Å². The zero-order valence-corrected chi connectivity index (χ0v) is 16.7. The molecule has 2 fully saturated rings. The molecule has 5 nitrogen and oxygen atoms in total. The molecule has 0 amide bonds. The molecule has 1 heterocycles. The molecule has 0 aromatic rings. The van der Waals surface area contributed by atoms with Crippen LogP contribution in [0.3, 0.4) is 0 Å². The van der Waals surface area contributed by atoms with Gasteiger partial charge in [-0.05, 0) is 24.7 Å². The van der Waals surface area contributed by atoms with E-state index in [0.29, 0.717) is 0 Å². The van der Waals surface area contributed by atoms with Crippen LogP contribution in [0.15, 0.2) is 4.99 Å². The lowest BCUT2D eigenvalue weighted by Crippen LogP contribution is -2.53. The van der Waals surface area contributed by atoms with Crippen molar-refractivity contribution in [3.05, 3.63) is 0 Å². The van der Waals surface area contributed by atoms with Crippen LogP contribution in [-0.4, -0.2) is 75.3 Å². The SMILES string of the molecule is CN=C(NCCOCC1CC1)N1CCN(CC(C)C)CC1.I. The third kappa shape index (κ3) is 7.46. The molecule has 0 unspecified atom stereocenters. The van der Waals surface area contributed by atoms with Gasteiger partial charge in [-0.3, -0.25) is 9.89 Å². The van der Waals surface area contributed by atoms with E-state index in [0.717, 1.165) is 63.7 Å². The number of hydrogen-bond acceptors (Lipinski definition) is 3. The van der Waals surface area contributed by atoms with Gasteiger partial charge in [0.05, 0.1) is 6.61 Å². The fourth-order valence-corrected chi connectivity index (χ4v) is 2.76. The van der Waals surface area contributed by atoms with Crippen molar-refractivity contribution in [2.45, 2.75) is 26.7 Å². The summed E-state index contributed by atoms with van der Waals surface area (Å²) in [5, 5.41) is 3.42. The maximum absolute atomic E-state index is 5.66. The first kappa shape index (κ1) is 20.0. The highest BCUT2D eigenvalue weighted by atomic mass is 127. The van der Waals surface area contributed by atoms with Crippen LogP contribution in [0.1, 0.15) is 26.7 Å². The lowest BCUT2D eigenvalue weighted by Gasteiger charge is -2.37. The molecule has 2 aliphatic rings. The van der Waals surface area contributed by atoms with Crippen LogP contribution < -0.4 is 5.32 Å². The zero-order chi connectivity index (χ0) is 15.1. The normalized spacial score (nSPS) is 20.2. The van der Waals surface area contributed by atoms with Crippen molar-refractivity contribution in [1.82, 2.24) is 15.1 Å². The highest BCUT2D eigenvalue weighted by Crippen LogP contribution is 2.28. The van der Waals surface area contributed by atoms with Crippen LogP contribution in [0, 0.1) is 11.8 Å². The van der Waals surface area contributed by atoms with E-state index in [1.54, 1.807) is 0 Å². The van der Waals surface area contributed by atoms with Crippen molar-refractivity contribution in [3.63, 3.8) is 0 Å². The molecule has 22 heavy (non-hydrogen) atoms. The molecule has 130 valence electrons. The van der Waals surface area contributed by atoms with Gasteiger partial charge in [0, 0.05) is 52.9 Å². The predicted octanol–water partition coefficient (Wildman–Crippen LogP) is 1.88. The lowest BCUT2D eigenvalue weighted by molar-refractivity contribution is 0.127. The van der Waals surface area contributed by atoms with Crippen molar-refractivity contribution in [3.8, 4) is 0 Å². The topological polar surface area (TPSA) is 40.1 Å². The Balaban J connectivity index is 0.00000242. The van der Waals surface area contributed by atoms with Crippen molar-refractivity contribution in [2.24, 2.45) is 16.8 Å². The third-order valence-corrected chi connectivity index (χ3v) is 4.09. The molecule has 0 aromatic heterocycles. The van der Waals surface area contributed by atoms with Gasteiger partial charge in [-0.2, -0.15) is 0 Å². The smallest absolute Gasteiger partial charge is 0.193 e. The van der Waals surface area contributed by atoms with Crippen LogP contribution in [0.25, 0.3) is 0 Å². The molecule has 6 heteroatoms. The molecule has 0 radical (unpaired) electrons. The summed E-state index contributed by atoms with van der Waals surface area (Å²) in [6.07, 6.45) is 2.71. The molecular weight excluding hydrogens is 391 g/mol. The van der Waals surface area contributed by atoms with E-state index in [1.807, 2.05) is 7.05 Å². The Morgan fingerprint density at radius 2 is 1.91 bits per heavy atom. The van der Waals surface area contributed by atoms with E-state index < -0.39 is 0 Å². The number of piperazine rings is 1. The van der Waals surface area contributed by atoms with Gasteiger partial charge in [0.25, 0.3) is 0 Å². The van der Waals surface area contributed by atoms with Crippen molar-refractivity contribution < 1.29 is 4.74 Å². The van der Waals surface area contributed by atoms with E-state index in [9.17, 15) is 0 Å². The maximum atomic E-state index is 5.66. The van der Waals surface area contributed by atoms with E-state index in [2.05, 4.69) is 34.0 Å². The summed E-state index contributed by atoms with van der Waals surface area (Å²) in [7, 11) is 1.87. The number of ether oxygens (including phenoxy) is 1. The van der Waals surface area contributed by atoms with Gasteiger partial charge in [-0.1, -0.05) is 13.8 Å². The molecule has 2 rings (SSSR count). The average molecular weight is 424 g/mol. The summed E-state index contributed by atoms with van der Waals surface area (Å²) in [6.45, 7) is 12.7. The van der Waals surface area contributed by atoms with Crippen LogP contribution in [0.4, 0.5) is 0 Å². The number of halogens is 1. The van der Waals surface area contributed by atoms with Crippen LogP contribution in [0.2, 0.25) is 0 Å². The highest BCUT2D eigenvalue weighted by Gasteiger charge is 2.21. The summed E-state index contributed by atoms with van der Waals surface area (Å²) in [4.78, 5) is 9.31. The zero-order valence-electron chi connectivity index (χ0n) is 14.4. The van der Waals surface area contributed by atoms with Gasteiger partial charge >= 0.3 is 0 Å². The van der Waals surface area contributed by atoms with Gasteiger partial charge in [0.1, 0.15) is 0 Å². The maximum Gasteiger partial charge on any atom is 0.193 e. The molecule has 0 aromatic carbocycles. The standard InChI is InChI=1S/C16H32N4O.HI/c1-14(2)12-19-7-9-20(10-8-19)16(17-3)18-6-11-21-13-15-4-5-15;/h14-15H,4-13H2,1-3H3,(H,17,18);1H. The number of rotatable bonds is 7. The Morgan fingerprint density at radius 1 is 1.23 bits per heavy atom. The van der Waals surface area contributed by atoms with Crippen LogP contribution >= 0.6 is 24.0 Å².